The molecular formula is C14H6F6OS. The number of alkyl halides is 6. The van der Waals surface area contributed by atoms with Gasteiger partial charge in [-0.05, 0) is 12.1 Å². The van der Waals surface area contributed by atoms with Gasteiger partial charge in [0.05, 0.1) is 5.56 Å². The van der Waals surface area contributed by atoms with E-state index < -0.39 is 34.6 Å². The van der Waals surface area contributed by atoms with Crippen molar-refractivity contribution >= 4 is 31.5 Å². The van der Waals surface area contributed by atoms with Gasteiger partial charge in [0.2, 0.25) is 0 Å². The van der Waals surface area contributed by atoms with Gasteiger partial charge in [-0.15, -0.1) is 11.3 Å². The Bertz CT molecular complexity index is 875. The molecule has 1 nitrogen and oxygen atoms in total. The summed E-state index contributed by atoms with van der Waals surface area (Å²) >= 11 is 0.898. The number of benzene rings is 2. The zero-order valence-corrected chi connectivity index (χ0v) is 11.3. The summed E-state index contributed by atoms with van der Waals surface area (Å²) in [7, 11) is 0. The molecule has 3 rings (SSSR count). The molecule has 0 saturated carbocycles. The molecule has 0 aliphatic carbocycles. The molecule has 0 spiro atoms. The second kappa shape index (κ2) is 4.52. The number of phenolic OH excluding ortho intramolecular Hbond substituents is 1. The van der Waals surface area contributed by atoms with Crippen molar-refractivity contribution in [2.75, 3.05) is 0 Å². The van der Waals surface area contributed by atoms with Crippen LogP contribution in [0.4, 0.5) is 26.3 Å². The first-order chi connectivity index (χ1) is 10.1. The first-order valence-electron chi connectivity index (χ1n) is 5.92. The van der Waals surface area contributed by atoms with Crippen molar-refractivity contribution in [2.24, 2.45) is 0 Å². The van der Waals surface area contributed by atoms with E-state index in [1.165, 1.54) is 18.2 Å². The topological polar surface area (TPSA) is 20.2 Å². The van der Waals surface area contributed by atoms with Crippen LogP contribution >= 0.6 is 11.3 Å². The van der Waals surface area contributed by atoms with Crippen LogP contribution < -0.4 is 0 Å². The summed E-state index contributed by atoms with van der Waals surface area (Å²) in [6.45, 7) is 0. The summed E-state index contributed by atoms with van der Waals surface area (Å²) in [4.78, 5) is 0. The third kappa shape index (κ3) is 2.18. The zero-order valence-electron chi connectivity index (χ0n) is 10.5. The number of hydrogen-bond acceptors (Lipinski definition) is 2. The molecular weight excluding hydrogens is 330 g/mol. The minimum Gasteiger partial charge on any atom is -0.507 e. The van der Waals surface area contributed by atoms with E-state index >= 15 is 0 Å². The molecule has 0 fully saturated rings. The molecule has 0 aliphatic rings. The Labute approximate surface area is 123 Å². The van der Waals surface area contributed by atoms with Gasteiger partial charge in [0, 0.05) is 20.2 Å². The summed E-state index contributed by atoms with van der Waals surface area (Å²) in [5.74, 6) is -1.42. The largest absolute Gasteiger partial charge is 0.507 e. The van der Waals surface area contributed by atoms with Crippen molar-refractivity contribution < 1.29 is 31.4 Å². The van der Waals surface area contributed by atoms with Gasteiger partial charge in [-0.2, -0.15) is 26.3 Å². The molecule has 0 unspecified atom stereocenters. The molecule has 1 aromatic heterocycles. The van der Waals surface area contributed by atoms with Gasteiger partial charge in [-0.25, -0.2) is 0 Å². The summed E-state index contributed by atoms with van der Waals surface area (Å²) in [6.07, 6.45) is -10.6. The number of halogens is 6. The number of fused-ring (bicyclic) bond motifs is 3. The van der Waals surface area contributed by atoms with Crippen molar-refractivity contribution in [3.8, 4) is 5.75 Å². The fourth-order valence-corrected chi connectivity index (χ4v) is 3.59. The molecule has 2 aromatic carbocycles. The predicted octanol–water partition coefficient (Wildman–Crippen LogP) is 5.80. The smallest absolute Gasteiger partial charge is 0.420 e. The van der Waals surface area contributed by atoms with Gasteiger partial charge in [-0.1, -0.05) is 18.2 Å². The molecule has 0 radical (unpaired) electrons. The van der Waals surface area contributed by atoms with Crippen molar-refractivity contribution in [1.82, 2.24) is 0 Å². The maximum Gasteiger partial charge on any atom is 0.420 e. The van der Waals surface area contributed by atoms with E-state index in [9.17, 15) is 31.4 Å². The van der Waals surface area contributed by atoms with Crippen molar-refractivity contribution in [3.63, 3.8) is 0 Å². The van der Waals surface area contributed by atoms with Gasteiger partial charge >= 0.3 is 12.4 Å². The third-order valence-electron chi connectivity index (χ3n) is 3.21. The van der Waals surface area contributed by atoms with Gasteiger partial charge in [0.15, 0.2) is 0 Å². The van der Waals surface area contributed by atoms with Crippen LogP contribution in [0.3, 0.4) is 0 Å². The number of rotatable bonds is 0. The number of hydrogen-bond donors (Lipinski definition) is 1. The Hall–Kier alpha value is -1.96. The molecule has 8 heteroatoms. The van der Waals surface area contributed by atoms with Crippen LogP contribution in [0.1, 0.15) is 11.1 Å². The lowest BCUT2D eigenvalue weighted by Gasteiger charge is -2.18. The Balaban J connectivity index is 2.61. The van der Waals surface area contributed by atoms with Crippen molar-refractivity contribution in [2.45, 2.75) is 12.4 Å². The highest BCUT2D eigenvalue weighted by molar-refractivity contribution is 7.25. The maximum atomic E-state index is 13.3. The molecule has 0 atom stereocenters. The van der Waals surface area contributed by atoms with Crippen LogP contribution in [0.2, 0.25) is 0 Å². The Kier molecular flexibility index (Phi) is 3.07. The second-order valence-corrected chi connectivity index (χ2v) is 5.70. The monoisotopic (exact) mass is 336 g/mol. The second-order valence-electron chi connectivity index (χ2n) is 4.61. The quantitative estimate of drug-likeness (QED) is 0.515. The van der Waals surface area contributed by atoms with E-state index in [2.05, 4.69) is 0 Å². The van der Waals surface area contributed by atoms with Crippen molar-refractivity contribution in [1.29, 1.82) is 0 Å². The highest BCUT2D eigenvalue weighted by atomic mass is 32.1. The highest BCUT2D eigenvalue weighted by Gasteiger charge is 2.47. The molecule has 1 heterocycles. The van der Waals surface area contributed by atoms with Gasteiger partial charge in [-0.3, -0.25) is 0 Å². The predicted molar refractivity (Wildman–Crippen MR) is 71.0 cm³/mol. The van der Waals surface area contributed by atoms with Crippen molar-refractivity contribution in [3.05, 3.63) is 41.5 Å². The lowest BCUT2D eigenvalue weighted by Crippen LogP contribution is -2.17. The lowest BCUT2D eigenvalue weighted by atomic mass is 9.98. The summed E-state index contributed by atoms with van der Waals surface area (Å²) in [5.41, 5.74) is -3.89. The number of thiophene rings is 1. The van der Waals surface area contributed by atoms with Crippen LogP contribution in [0.15, 0.2) is 30.3 Å². The zero-order chi connectivity index (χ0) is 16.3. The van der Waals surface area contributed by atoms with E-state index in [4.69, 9.17) is 0 Å². The van der Waals surface area contributed by atoms with Gasteiger partial charge in [0.25, 0.3) is 0 Å². The first kappa shape index (κ1) is 15.0. The molecule has 0 saturated heterocycles. The van der Waals surface area contributed by atoms with Crippen LogP contribution in [0, 0.1) is 0 Å². The number of aromatic hydroxyl groups is 1. The van der Waals surface area contributed by atoms with E-state index in [1.54, 1.807) is 6.07 Å². The Morgan fingerprint density at radius 3 is 2.00 bits per heavy atom. The van der Waals surface area contributed by atoms with E-state index in [1.807, 2.05) is 0 Å². The van der Waals surface area contributed by atoms with E-state index in [0.29, 0.717) is 4.70 Å². The molecule has 22 heavy (non-hydrogen) atoms. The van der Waals surface area contributed by atoms with Crippen LogP contribution in [-0.2, 0) is 12.4 Å². The van der Waals surface area contributed by atoms with E-state index in [0.717, 1.165) is 17.4 Å². The van der Waals surface area contributed by atoms with Gasteiger partial charge < -0.3 is 5.11 Å². The first-order valence-corrected chi connectivity index (χ1v) is 6.74. The maximum absolute atomic E-state index is 13.3. The van der Waals surface area contributed by atoms with E-state index in [-0.39, 0.29) is 10.1 Å². The summed E-state index contributed by atoms with van der Waals surface area (Å²) in [6, 6.07) is 6.62. The van der Waals surface area contributed by atoms with Crippen LogP contribution in [0.25, 0.3) is 20.2 Å². The highest BCUT2D eigenvalue weighted by Crippen LogP contribution is 2.51. The Morgan fingerprint density at radius 1 is 0.818 bits per heavy atom. The number of phenols is 1. The minimum absolute atomic E-state index is 0.0426. The fourth-order valence-electron chi connectivity index (χ4n) is 2.44. The molecule has 1 N–H and O–H groups in total. The normalized spacial score (nSPS) is 13.2. The SMILES string of the molecule is Oc1cc2sc3ccccc3c2c(C(F)(F)F)c1C(F)(F)F. The lowest BCUT2D eigenvalue weighted by molar-refractivity contribution is -0.161. The van der Waals surface area contributed by atoms with Gasteiger partial charge in [0.1, 0.15) is 11.3 Å². The summed E-state index contributed by atoms with van der Waals surface area (Å²) < 4.78 is 79.3. The Morgan fingerprint density at radius 2 is 1.41 bits per heavy atom. The average Bonchev–Trinajstić information content (AvgIpc) is 2.71. The standard InChI is InChI=1S/C14H6F6OS/c15-13(16,17)11-7(21)5-9-10(12(11)14(18,19)20)6-3-1-2-4-8(6)22-9/h1-5,21H. The van der Waals surface area contributed by atoms with Crippen LogP contribution in [0.5, 0.6) is 5.75 Å². The molecule has 0 bridgehead atoms. The third-order valence-corrected chi connectivity index (χ3v) is 4.33. The molecule has 0 amide bonds. The van der Waals surface area contributed by atoms with Crippen LogP contribution in [-0.4, -0.2) is 5.11 Å². The fraction of sp³-hybridized carbons (Fsp3) is 0.143. The average molecular weight is 336 g/mol. The molecule has 116 valence electrons. The molecule has 3 aromatic rings. The minimum atomic E-state index is -5.31. The molecule has 0 aliphatic heterocycles. The summed E-state index contributed by atoms with van der Waals surface area (Å²) in [5, 5.41) is 9.05.